The molecule has 0 N–H and O–H groups in total. The molecule has 0 atom stereocenters. The van der Waals surface area contributed by atoms with E-state index in [4.69, 9.17) is 0 Å². The van der Waals surface area contributed by atoms with Crippen LogP contribution in [0.15, 0.2) is 24.3 Å². The lowest BCUT2D eigenvalue weighted by atomic mass is 10.1. The van der Waals surface area contributed by atoms with Crippen LogP contribution in [-0.4, -0.2) is 16.8 Å². The minimum absolute atomic E-state index is 1.14. The minimum Gasteiger partial charge on any atom is -0.200 e. The number of rotatable bonds is 3. The van der Waals surface area contributed by atoms with Crippen LogP contribution < -0.4 is 0 Å². The molecule has 0 saturated heterocycles. The zero-order valence-electron chi connectivity index (χ0n) is 11.1. The molecule has 0 amide bonds. The molecule has 0 fully saturated rings. The van der Waals surface area contributed by atoms with Crippen LogP contribution in [0, 0.1) is 0 Å². The van der Waals surface area contributed by atoms with E-state index in [-0.39, 0.29) is 0 Å². The molecule has 0 spiro atoms. The van der Waals surface area contributed by atoms with Crippen molar-refractivity contribution >= 4 is 11.4 Å². The van der Waals surface area contributed by atoms with Crippen LogP contribution in [-0.2, 0) is 6.42 Å². The zero-order chi connectivity index (χ0) is 12.0. The molecule has 0 unspecified atom stereocenters. The minimum atomic E-state index is 1.14. The Labute approximate surface area is 99.8 Å². The summed E-state index contributed by atoms with van der Waals surface area (Å²) in [5.41, 5.74) is 4.42. The van der Waals surface area contributed by atoms with Crippen LogP contribution in [0.4, 0.5) is 5.69 Å². The summed E-state index contributed by atoms with van der Waals surface area (Å²) in [6, 6.07) is 8.75. The van der Waals surface area contributed by atoms with Crippen molar-refractivity contribution in [2.24, 2.45) is 0 Å². The van der Waals surface area contributed by atoms with Gasteiger partial charge < -0.3 is 0 Å². The van der Waals surface area contributed by atoms with Crippen molar-refractivity contribution in [1.29, 1.82) is 0 Å². The van der Waals surface area contributed by atoms with Crippen molar-refractivity contribution in [3.05, 3.63) is 29.8 Å². The van der Waals surface area contributed by atoms with Crippen LogP contribution >= 0.6 is 0 Å². The van der Waals surface area contributed by atoms with Crippen molar-refractivity contribution in [1.82, 2.24) is 0 Å². The zero-order valence-corrected chi connectivity index (χ0v) is 11.1. The molecule has 0 saturated carbocycles. The Balaban J connectivity index is 0.000000606. The molecule has 88 valence electrons. The van der Waals surface area contributed by atoms with E-state index in [1.54, 1.807) is 0 Å². The molecule has 0 aromatic heterocycles. The molecule has 0 aliphatic carbocycles. The highest BCUT2D eigenvalue weighted by atomic mass is 15.0. The molecule has 1 aromatic rings. The largest absolute Gasteiger partial charge is 0.208 e. The summed E-state index contributed by atoms with van der Waals surface area (Å²) in [6.07, 6.45) is 3.69. The molecular weight excluding hydrogens is 194 g/mol. The molecule has 16 heavy (non-hydrogen) atoms. The van der Waals surface area contributed by atoms with E-state index in [0.717, 1.165) is 6.42 Å². The maximum Gasteiger partial charge on any atom is 0.208 e. The summed E-state index contributed by atoms with van der Waals surface area (Å²) in [5, 5.41) is 0. The number of hydrogen-bond donors (Lipinski definition) is 0. The van der Waals surface area contributed by atoms with Gasteiger partial charge in [0.1, 0.15) is 6.54 Å². The maximum absolute atomic E-state index is 2.47. The highest BCUT2D eigenvalue weighted by molar-refractivity contribution is 5.84. The van der Waals surface area contributed by atoms with E-state index in [1.807, 2.05) is 13.8 Å². The van der Waals surface area contributed by atoms with Crippen LogP contribution in [0.1, 0.15) is 46.1 Å². The number of benzene rings is 1. The summed E-state index contributed by atoms with van der Waals surface area (Å²) in [5.74, 6) is 0. The second-order valence-corrected chi connectivity index (χ2v) is 4.05. The summed E-state index contributed by atoms with van der Waals surface area (Å²) in [7, 11) is 0. The van der Waals surface area contributed by atoms with Crippen LogP contribution in [0.3, 0.4) is 0 Å². The van der Waals surface area contributed by atoms with Gasteiger partial charge in [0.15, 0.2) is 5.71 Å². The van der Waals surface area contributed by atoms with Gasteiger partial charge in [-0.25, -0.2) is 0 Å². The topological polar surface area (TPSA) is 3.01 Å². The quantitative estimate of drug-likeness (QED) is 0.670. The predicted molar refractivity (Wildman–Crippen MR) is 71.9 cm³/mol. The molecule has 1 heterocycles. The van der Waals surface area contributed by atoms with Crippen molar-refractivity contribution in [2.45, 2.75) is 47.0 Å². The Hall–Kier alpha value is -1.11. The molecule has 0 radical (unpaired) electrons. The van der Waals surface area contributed by atoms with Crippen LogP contribution in [0.2, 0.25) is 0 Å². The van der Waals surface area contributed by atoms with Gasteiger partial charge in [-0.3, -0.25) is 0 Å². The van der Waals surface area contributed by atoms with Gasteiger partial charge in [-0.05, 0) is 0 Å². The molecule has 1 aliphatic rings. The lowest BCUT2D eigenvalue weighted by Crippen LogP contribution is -2.11. The Morgan fingerprint density at radius 2 is 1.88 bits per heavy atom. The van der Waals surface area contributed by atoms with Gasteiger partial charge in [0.05, 0.1) is 6.42 Å². The molecule has 0 bridgehead atoms. The molecule has 1 aliphatic heterocycles. The van der Waals surface area contributed by atoms with Crippen molar-refractivity contribution in [3.8, 4) is 0 Å². The Morgan fingerprint density at radius 1 is 1.19 bits per heavy atom. The summed E-state index contributed by atoms with van der Waals surface area (Å²) < 4.78 is 2.47. The van der Waals surface area contributed by atoms with E-state index >= 15 is 0 Å². The average Bonchev–Trinajstić information content (AvgIpc) is 2.65. The van der Waals surface area contributed by atoms with Gasteiger partial charge in [0, 0.05) is 25.0 Å². The van der Waals surface area contributed by atoms with Gasteiger partial charge in [-0.2, -0.15) is 4.58 Å². The first-order valence-corrected chi connectivity index (χ1v) is 6.51. The fraction of sp³-hybridized carbons (Fsp3) is 0.533. The first-order chi connectivity index (χ1) is 7.83. The van der Waals surface area contributed by atoms with E-state index < -0.39 is 0 Å². The highest BCUT2D eigenvalue weighted by Gasteiger charge is 2.25. The number of para-hydroxylation sites is 1. The third-order valence-corrected chi connectivity index (χ3v) is 2.92. The lowest BCUT2D eigenvalue weighted by Gasteiger charge is -1.99. The molecule has 1 heteroatoms. The van der Waals surface area contributed by atoms with Gasteiger partial charge in [-0.15, -0.1) is 0 Å². The smallest absolute Gasteiger partial charge is 0.200 e. The Morgan fingerprint density at radius 3 is 2.56 bits per heavy atom. The van der Waals surface area contributed by atoms with Gasteiger partial charge in [0.2, 0.25) is 5.69 Å². The second kappa shape index (κ2) is 6.47. The first kappa shape index (κ1) is 13.0. The monoisotopic (exact) mass is 218 g/mol. The van der Waals surface area contributed by atoms with Gasteiger partial charge >= 0.3 is 0 Å². The fourth-order valence-electron chi connectivity index (χ4n) is 2.13. The summed E-state index contributed by atoms with van der Waals surface area (Å²) in [6.45, 7) is 9.67. The number of nitrogens with zero attached hydrogens (tertiary/aromatic N) is 1. The number of unbranched alkanes of at least 4 members (excludes halogenated alkanes) is 1. The molecule has 1 nitrogen and oxygen atoms in total. The molecular formula is C15H24N+. The van der Waals surface area contributed by atoms with Gasteiger partial charge in [-0.1, -0.05) is 45.4 Å². The van der Waals surface area contributed by atoms with Crippen LogP contribution in [0.25, 0.3) is 0 Å². The van der Waals surface area contributed by atoms with Crippen molar-refractivity contribution in [2.75, 3.05) is 6.54 Å². The standard InChI is InChI=1S/C13H18N.C2H6/c1-3-4-9-14-11(2)10-12-7-5-6-8-13(12)14;1-2/h5-8H,3-4,9-10H2,1-2H3;1-2H3/q+1;. The lowest BCUT2D eigenvalue weighted by molar-refractivity contribution is -0.438. The van der Waals surface area contributed by atoms with E-state index in [0.29, 0.717) is 0 Å². The average molecular weight is 218 g/mol. The molecule has 1 aromatic carbocycles. The van der Waals surface area contributed by atoms with Crippen molar-refractivity contribution in [3.63, 3.8) is 0 Å². The Kier molecular flexibility index (Phi) is 5.24. The number of hydrogen-bond acceptors (Lipinski definition) is 0. The van der Waals surface area contributed by atoms with Gasteiger partial charge in [0.25, 0.3) is 0 Å². The maximum atomic E-state index is 2.47. The van der Waals surface area contributed by atoms with Crippen LogP contribution in [0.5, 0.6) is 0 Å². The highest BCUT2D eigenvalue weighted by Crippen LogP contribution is 2.25. The second-order valence-electron chi connectivity index (χ2n) is 4.05. The number of fused-ring (bicyclic) bond motifs is 1. The third-order valence-electron chi connectivity index (χ3n) is 2.92. The van der Waals surface area contributed by atoms with Crippen molar-refractivity contribution < 1.29 is 4.58 Å². The third kappa shape index (κ3) is 2.72. The summed E-state index contributed by atoms with van der Waals surface area (Å²) in [4.78, 5) is 0. The molecule has 2 rings (SSSR count). The van der Waals surface area contributed by atoms with E-state index in [2.05, 4.69) is 42.7 Å². The van der Waals surface area contributed by atoms with E-state index in [9.17, 15) is 0 Å². The fourth-order valence-corrected chi connectivity index (χ4v) is 2.13. The first-order valence-electron chi connectivity index (χ1n) is 6.51. The Bertz CT molecular complexity index is 363. The SMILES string of the molecule is CC.CCCC[N+]1=C(C)Cc2ccccc21. The normalized spacial score (nSPS) is 13.2. The summed E-state index contributed by atoms with van der Waals surface area (Å²) >= 11 is 0. The van der Waals surface area contributed by atoms with E-state index in [1.165, 1.54) is 36.3 Å². The predicted octanol–water partition coefficient (Wildman–Crippen LogP) is 4.17.